The van der Waals surface area contributed by atoms with Gasteiger partial charge in [0, 0.05) is 23.2 Å². The van der Waals surface area contributed by atoms with E-state index in [4.69, 9.17) is 0 Å². The SMILES string of the molecule is CC(C1CC1)n1nccc1NC(=O)c1cccc(NC(=O)C2CC2)c1. The number of carbonyl (C=O) groups is 2. The Morgan fingerprint density at radius 1 is 1.16 bits per heavy atom. The average Bonchev–Trinajstić information content (AvgIpc) is 3.52. The maximum Gasteiger partial charge on any atom is 0.256 e. The number of hydrogen-bond acceptors (Lipinski definition) is 3. The van der Waals surface area contributed by atoms with Gasteiger partial charge in [-0.3, -0.25) is 9.59 Å². The topological polar surface area (TPSA) is 76.0 Å². The molecule has 2 fully saturated rings. The molecule has 130 valence electrons. The summed E-state index contributed by atoms with van der Waals surface area (Å²) in [5.41, 5.74) is 1.17. The fourth-order valence-corrected chi connectivity index (χ4v) is 3.03. The summed E-state index contributed by atoms with van der Waals surface area (Å²) in [6, 6.07) is 9.14. The van der Waals surface area contributed by atoms with Gasteiger partial charge >= 0.3 is 0 Å². The minimum atomic E-state index is -0.202. The van der Waals surface area contributed by atoms with Crippen molar-refractivity contribution in [3.8, 4) is 0 Å². The summed E-state index contributed by atoms with van der Waals surface area (Å²) >= 11 is 0. The summed E-state index contributed by atoms with van der Waals surface area (Å²) in [7, 11) is 0. The zero-order valence-electron chi connectivity index (χ0n) is 14.2. The van der Waals surface area contributed by atoms with Gasteiger partial charge < -0.3 is 10.6 Å². The summed E-state index contributed by atoms with van der Waals surface area (Å²) in [5, 5.41) is 10.2. The molecule has 1 unspecified atom stereocenters. The molecule has 0 saturated heterocycles. The van der Waals surface area contributed by atoms with Crippen molar-refractivity contribution in [3.63, 3.8) is 0 Å². The van der Waals surface area contributed by atoms with Gasteiger partial charge in [0.1, 0.15) is 5.82 Å². The summed E-state index contributed by atoms with van der Waals surface area (Å²) in [6.45, 7) is 2.13. The Hall–Kier alpha value is -2.63. The first-order valence-corrected chi connectivity index (χ1v) is 8.87. The van der Waals surface area contributed by atoms with Gasteiger partial charge in [-0.15, -0.1) is 0 Å². The highest BCUT2D eigenvalue weighted by molar-refractivity contribution is 6.05. The Morgan fingerprint density at radius 2 is 1.96 bits per heavy atom. The van der Waals surface area contributed by atoms with Crippen LogP contribution in [0.2, 0.25) is 0 Å². The van der Waals surface area contributed by atoms with Crippen molar-refractivity contribution in [1.29, 1.82) is 0 Å². The van der Waals surface area contributed by atoms with Gasteiger partial charge in [-0.25, -0.2) is 4.68 Å². The molecule has 0 bridgehead atoms. The molecular weight excluding hydrogens is 316 g/mol. The van der Waals surface area contributed by atoms with E-state index in [1.165, 1.54) is 12.8 Å². The van der Waals surface area contributed by atoms with Crippen molar-refractivity contribution in [1.82, 2.24) is 9.78 Å². The first kappa shape index (κ1) is 15.9. The van der Waals surface area contributed by atoms with E-state index in [2.05, 4.69) is 22.7 Å². The third-order valence-corrected chi connectivity index (χ3v) is 4.94. The second-order valence-electron chi connectivity index (χ2n) is 7.04. The monoisotopic (exact) mass is 338 g/mol. The molecule has 6 heteroatoms. The van der Waals surface area contributed by atoms with Crippen molar-refractivity contribution in [2.45, 2.75) is 38.6 Å². The Morgan fingerprint density at radius 3 is 2.68 bits per heavy atom. The van der Waals surface area contributed by atoms with Crippen LogP contribution < -0.4 is 10.6 Å². The van der Waals surface area contributed by atoms with Gasteiger partial charge in [-0.05, 0) is 56.7 Å². The van der Waals surface area contributed by atoms with Crippen molar-refractivity contribution in [2.75, 3.05) is 10.6 Å². The van der Waals surface area contributed by atoms with Gasteiger partial charge in [0.2, 0.25) is 5.91 Å². The van der Waals surface area contributed by atoms with E-state index in [0.717, 1.165) is 12.8 Å². The number of nitrogens with one attached hydrogen (secondary N) is 2. The zero-order valence-corrected chi connectivity index (χ0v) is 14.2. The van der Waals surface area contributed by atoms with Crippen LogP contribution in [0.3, 0.4) is 0 Å². The smallest absolute Gasteiger partial charge is 0.256 e. The van der Waals surface area contributed by atoms with Gasteiger partial charge in [0.15, 0.2) is 0 Å². The van der Waals surface area contributed by atoms with Crippen LogP contribution in [0, 0.1) is 11.8 Å². The third-order valence-electron chi connectivity index (χ3n) is 4.94. The van der Waals surface area contributed by atoms with Crippen LogP contribution in [0.4, 0.5) is 11.5 Å². The van der Waals surface area contributed by atoms with E-state index < -0.39 is 0 Å². The summed E-state index contributed by atoms with van der Waals surface area (Å²) < 4.78 is 1.88. The minimum Gasteiger partial charge on any atom is -0.326 e. The quantitative estimate of drug-likeness (QED) is 0.847. The molecule has 1 aromatic carbocycles. The van der Waals surface area contributed by atoms with Gasteiger partial charge in [0.25, 0.3) is 5.91 Å². The predicted molar refractivity (Wildman–Crippen MR) is 95.4 cm³/mol. The fraction of sp³-hybridized carbons (Fsp3) is 0.421. The Bertz CT molecular complexity index is 805. The van der Waals surface area contributed by atoms with E-state index >= 15 is 0 Å². The second kappa shape index (κ2) is 6.35. The molecule has 2 saturated carbocycles. The number of anilines is 2. The van der Waals surface area contributed by atoms with Crippen molar-refractivity contribution in [2.24, 2.45) is 11.8 Å². The second-order valence-corrected chi connectivity index (χ2v) is 7.04. The number of benzene rings is 1. The molecule has 2 aliphatic rings. The van der Waals surface area contributed by atoms with Gasteiger partial charge in [-0.1, -0.05) is 6.07 Å². The fourth-order valence-electron chi connectivity index (χ4n) is 3.03. The first-order valence-electron chi connectivity index (χ1n) is 8.87. The molecular formula is C19H22N4O2. The Balaban J connectivity index is 1.46. The number of hydrogen-bond donors (Lipinski definition) is 2. The number of nitrogens with zero attached hydrogens (tertiary/aromatic N) is 2. The highest BCUT2D eigenvalue weighted by Gasteiger charge is 2.31. The number of carbonyl (C=O) groups excluding carboxylic acids is 2. The highest BCUT2D eigenvalue weighted by Crippen LogP contribution is 2.40. The summed E-state index contributed by atoms with van der Waals surface area (Å²) in [4.78, 5) is 24.5. The molecule has 0 spiro atoms. The first-order chi connectivity index (χ1) is 12.1. The summed E-state index contributed by atoms with van der Waals surface area (Å²) in [5.74, 6) is 1.32. The van der Waals surface area contributed by atoms with Gasteiger partial charge in [-0.2, -0.15) is 5.10 Å². The van der Waals surface area contributed by atoms with Crippen LogP contribution in [0.25, 0.3) is 0 Å². The van der Waals surface area contributed by atoms with E-state index in [0.29, 0.717) is 23.0 Å². The lowest BCUT2D eigenvalue weighted by molar-refractivity contribution is -0.117. The molecule has 1 aromatic heterocycles. The van der Waals surface area contributed by atoms with E-state index in [1.807, 2.05) is 10.7 Å². The van der Waals surface area contributed by atoms with Crippen molar-refractivity contribution >= 4 is 23.3 Å². The molecule has 6 nitrogen and oxygen atoms in total. The van der Waals surface area contributed by atoms with Crippen molar-refractivity contribution in [3.05, 3.63) is 42.1 Å². The van der Waals surface area contributed by atoms with E-state index in [1.54, 1.807) is 30.5 Å². The molecule has 4 rings (SSSR count). The third kappa shape index (κ3) is 3.57. The van der Waals surface area contributed by atoms with Gasteiger partial charge in [0.05, 0.1) is 12.2 Å². The standard InChI is InChI=1S/C19H22N4O2/c1-12(13-5-6-13)23-17(9-10-20-23)22-19(25)15-3-2-4-16(11-15)21-18(24)14-7-8-14/h2-4,9-14H,5-8H2,1H3,(H,21,24)(H,22,25). The maximum atomic E-state index is 12.6. The molecule has 1 heterocycles. The minimum absolute atomic E-state index is 0.0360. The molecule has 2 N–H and O–H groups in total. The molecule has 25 heavy (non-hydrogen) atoms. The molecule has 2 amide bonds. The normalized spacial score (nSPS) is 17.8. The average molecular weight is 338 g/mol. The lowest BCUT2D eigenvalue weighted by Gasteiger charge is -2.15. The molecule has 0 radical (unpaired) electrons. The maximum absolute atomic E-state index is 12.6. The zero-order chi connectivity index (χ0) is 17.4. The number of rotatable bonds is 6. The van der Waals surface area contributed by atoms with Crippen molar-refractivity contribution < 1.29 is 9.59 Å². The van der Waals surface area contributed by atoms with Crippen LogP contribution >= 0.6 is 0 Å². The molecule has 1 atom stereocenters. The lowest BCUT2D eigenvalue weighted by Crippen LogP contribution is -2.19. The predicted octanol–water partition coefficient (Wildman–Crippen LogP) is 3.45. The number of amides is 2. The Kier molecular flexibility index (Phi) is 4.03. The molecule has 2 aliphatic carbocycles. The van der Waals surface area contributed by atoms with Crippen LogP contribution in [-0.4, -0.2) is 21.6 Å². The molecule has 2 aromatic rings. The van der Waals surface area contributed by atoms with Crippen LogP contribution in [0.15, 0.2) is 36.5 Å². The van der Waals surface area contributed by atoms with Crippen LogP contribution in [-0.2, 0) is 4.79 Å². The van der Waals surface area contributed by atoms with Crippen LogP contribution in [0.5, 0.6) is 0 Å². The van der Waals surface area contributed by atoms with E-state index in [9.17, 15) is 9.59 Å². The van der Waals surface area contributed by atoms with Crippen LogP contribution in [0.1, 0.15) is 49.0 Å². The molecule has 0 aliphatic heterocycles. The van der Waals surface area contributed by atoms with E-state index in [-0.39, 0.29) is 23.8 Å². The number of aromatic nitrogens is 2. The lowest BCUT2D eigenvalue weighted by atomic mass is 10.2. The summed E-state index contributed by atoms with van der Waals surface area (Å²) in [6.07, 6.45) is 6.05. The highest BCUT2D eigenvalue weighted by atomic mass is 16.2. The largest absolute Gasteiger partial charge is 0.326 e. The Labute approximate surface area is 146 Å².